The van der Waals surface area contributed by atoms with Crippen molar-refractivity contribution < 1.29 is 14.7 Å². The Bertz CT molecular complexity index is 541. The summed E-state index contributed by atoms with van der Waals surface area (Å²) in [5.41, 5.74) is -0.223. The number of carbonyl (C=O) groups is 2. The minimum Gasteiger partial charge on any atom is -0.480 e. The summed E-state index contributed by atoms with van der Waals surface area (Å²) in [6, 6.07) is 9.71. The van der Waals surface area contributed by atoms with Gasteiger partial charge in [-0.2, -0.15) is 0 Å². The average molecular weight is 301 g/mol. The molecule has 1 aromatic carbocycles. The van der Waals surface area contributed by atoms with Crippen molar-refractivity contribution in [2.24, 2.45) is 5.41 Å². The SMILES string of the molecule is C=CCCCC1(C(=O)O)CCCN(Cc2ccccc2)C1=O. The maximum atomic E-state index is 12.8. The van der Waals surface area contributed by atoms with Crippen molar-refractivity contribution in [2.75, 3.05) is 6.54 Å². The maximum absolute atomic E-state index is 12.8. The van der Waals surface area contributed by atoms with E-state index in [-0.39, 0.29) is 5.91 Å². The van der Waals surface area contributed by atoms with Crippen molar-refractivity contribution in [3.63, 3.8) is 0 Å². The lowest BCUT2D eigenvalue weighted by atomic mass is 9.75. The Morgan fingerprint density at radius 3 is 2.73 bits per heavy atom. The highest BCUT2D eigenvalue weighted by atomic mass is 16.4. The largest absolute Gasteiger partial charge is 0.480 e. The molecule has 0 spiro atoms. The first-order chi connectivity index (χ1) is 10.6. The topological polar surface area (TPSA) is 57.6 Å². The van der Waals surface area contributed by atoms with Gasteiger partial charge in [-0.1, -0.05) is 36.4 Å². The molecule has 22 heavy (non-hydrogen) atoms. The van der Waals surface area contributed by atoms with Crippen molar-refractivity contribution >= 4 is 11.9 Å². The Labute approximate surface area is 131 Å². The first-order valence-corrected chi connectivity index (χ1v) is 7.78. The van der Waals surface area contributed by atoms with E-state index in [0.29, 0.717) is 32.4 Å². The Balaban J connectivity index is 2.15. The van der Waals surface area contributed by atoms with Gasteiger partial charge in [0.25, 0.3) is 0 Å². The van der Waals surface area contributed by atoms with Crippen LogP contribution in [-0.4, -0.2) is 28.4 Å². The predicted octanol–water partition coefficient (Wildman–Crippen LogP) is 3.24. The van der Waals surface area contributed by atoms with E-state index in [1.165, 1.54) is 0 Å². The van der Waals surface area contributed by atoms with Gasteiger partial charge >= 0.3 is 5.97 Å². The number of aliphatic carboxylic acids is 1. The van der Waals surface area contributed by atoms with E-state index in [0.717, 1.165) is 18.4 Å². The van der Waals surface area contributed by atoms with Gasteiger partial charge in [-0.05, 0) is 37.7 Å². The van der Waals surface area contributed by atoms with E-state index >= 15 is 0 Å². The first-order valence-electron chi connectivity index (χ1n) is 7.78. The quantitative estimate of drug-likeness (QED) is 0.478. The molecule has 1 N–H and O–H groups in total. The van der Waals surface area contributed by atoms with Crippen molar-refractivity contribution in [2.45, 2.75) is 38.6 Å². The molecular weight excluding hydrogens is 278 g/mol. The van der Waals surface area contributed by atoms with E-state index in [2.05, 4.69) is 6.58 Å². The van der Waals surface area contributed by atoms with E-state index < -0.39 is 11.4 Å². The number of nitrogens with zero attached hydrogens (tertiary/aromatic N) is 1. The molecule has 118 valence electrons. The van der Waals surface area contributed by atoms with E-state index in [1.807, 2.05) is 30.3 Å². The number of piperidine rings is 1. The normalized spacial score (nSPS) is 21.6. The minimum absolute atomic E-state index is 0.237. The van der Waals surface area contributed by atoms with E-state index in [4.69, 9.17) is 0 Å². The zero-order chi connectivity index (χ0) is 16.0. The number of hydrogen-bond acceptors (Lipinski definition) is 2. The molecule has 1 fully saturated rings. The van der Waals surface area contributed by atoms with Crippen LogP contribution < -0.4 is 0 Å². The van der Waals surface area contributed by atoms with Crippen LogP contribution in [0.3, 0.4) is 0 Å². The number of likely N-dealkylation sites (tertiary alicyclic amines) is 1. The number of carboxylic acids is 1. The van der Waals surface area contributed by atoms with Crippen LogP contribution in [0, 0.1) is 5.41 Å². The molecular formula is C18H23NO3. The Morgan fingerprint density at radius 2 is 2.09 bits per heavy atom. The summed E-state index contributed by atoms with van der Waals surface area (Å²) in [5, 5.41) is 9.67. The van der Waals surface area contributed by atoms with Crippen LogP contribution in [0.1, 0.15) is 37.7 Å². The highest BCUT2D eigenvalue weighted by Crippen LogP contribution is 2.37. The number of hydrogen-bond donors (Lipinski definition) is 1. The Morgan fingerprint density at radius 1 is 1.36 bits per heavy atom. The average Bonchev–Trinajstić information content (AvgIpc) is 2.52. The van der Waals surface area contributed by atoms with Gasteiger partial charge in [-0.15, -0.1) is 6.58 Å². The van der Waals surface area contributed by atoms with Crippen LogP contribution in [0.4, 0.5) is 0 Å². The molecule has 2 rings (SSSR count). The van der Waals surface area contributed by atoms with Gasteiger partial charge in [0.15, 0.2) is 0 Å². The Hall–Kier alpha value is -2.10. The third-order valence-electron chi connectivity index (χ3n) is 4.37. The number of allylic oxidation sites excluding steroid dienone is 1. The monoisotopic (exact) mass is 301 g/mol. The van der Waals surface area contributed by atoms with Gasteiger partial charge < -0.3 is 10.0 Å². The lowest BCUT2D eigenvalue weighted by Crippen LogP contribution is -2.52. The van der Waals surface area contributed by atoms with Crippen molar-refractivity contribution in [3.05, 3.63) is 48.6 Å². The van der Waals surface area contributed by atoms with Crippen LogP contribution >= 0.6 is 0 Å². The number of carboxylic acid groups (broad SMARTS) is 1. The number of benzene rings is 1. The van der Waals surface area contributed by atoms with Gasteiger partial charge in [-0.3, -0.25) is 9.59 Å². The van der Waals surface area contributed by atoms with Crippen LogP contribution in [0.25, 0.3) is 0 Å². The molecule has 1 atom stereocenters. The molecule has 1 aliphatic heterocycles. The second-order valence-electron chi connectivity index (χ2n) is 5.88. The maximum Gasteiger partial charge on any atom is 0.319 e. The first kappa shape index (κ1) is 16.3. The molecule has 4 heteroatoms. The van der Waals surface area contributed by atoms with Gasteiger partial charge in [-0.25, -0.2) is 0 Å². The highest BCUT2D eigenvalue weighted by Gasteiger charge is 2.49. The second kappa shape index (κ2) is 7.25. The van der Waals surface area contributed by atoms with Crippen molar-refractivity contribution in [1.82, 2.24) is 4.90 Å². The zero-order valence-corrected chi connectivity index (χ0v) is 12.8. The van der Waals surface area contributed by atoms with Crippen LogP contribution in [-0.2, 0) is 16.1 Å². The summed E-state index contributed by atoms with van der Waals surface area (Å²) in [4.78, 5) is 26.3. The number of carbonyl (C=O) groups excluding carboxylic acids is 1. The van der Waals surface area contributed by atoms with Gasteiger partial charge in [0, 0.05) is 13.1 Å². The fourth-order valence-electron chi connectivity index (χ4n) is 3.12. The van der Waals surface area contributed by atoms with Gasteiger partial charge in [0.05, 0.1) is 0 Å². The molecule has 4 nitrogen and oxygen atoms in total. The lowest BCUT2D eigenvalue weighted by Gasteiger charge is -2.39. The summed E-state index contributed by atoms with van der Waals surface area (Å²) in [6.07, 6.45) is 4.74. The van der Waals surface area contributed by atoms with Gasteiger partial charge in [0.2, 0.25) is 5.91 Å². The number of unbranched alkanes of at least 4 members (excludes halogenated alkanes) is 1. The number of amides is 1. The zero-order valence-electron chi connectivity index (χ0n) is 12.8. The molecule has 1 saturated heterocycles. The summed E-state index contributed by atoms with van der Waals surface area (Å²) < 4.78 is 0. The molecule has 0 saturated carbocycles. The van der Waals surface area contributed by atoms with Crippen LogP contribution in [0.2, 0.25) is 0 Å². The molecule has 1 heterocycles. The Kier molecular flexibility index (Phi) is 5.36. The minimum atomic E-state index is -1.25. The fourth-order valence-corrected chi connectivity index (χ4v) is 3.12. The van der Waals surface area contributed by atoms with Crippen LogP contribution in [0.5, 0.6) is 0 Å². The highest BCUT2D eigenvalue weighted by molar-refractivity contribution is 6.02. The molecule has 0 bridgehead atoms. The molecule has 1 amide bonds. The smallest absolute Gasteiger partial charge is 0.319 e. The fraction of sp³-hybridized carbons (Fsp3) is 0.444. The van der Waals surface area contributed by atoms with E-state index in [9.17, 15) is 14.7 Å². The second-order valence-corrected chi connectivity index (χ2v) is 5.88. The summed E-state index contributed by atoms with van der Waals surface area (Å²) in [6.45, 7) is 4.77. The molecule has 0 radical (unpaired) electrons. The molecule has 0 aliphatic carbocycles. The van der Waals surface area contributed by atoms with Crippen LogP contribution in [0.15, 0.2) is 43.0 Å². The summed E-state index contributed by atoms with van der Waals surface area (Å²) >= 11 is 0. The summed E-state index contributed by atoms with van der Waals surface area (Å²) in [5.74, 6) is -1.22. The predicted molar refractivity (Wildman–Crippen MR) is 85.2 cm³/mol. The number of rotatable bonds is 7. The van der Waals surface area contributed by atoms with Crippen molar-refractivity contribution in [1.29, 1.82) is 0 Å². The lowest BCUT2D eigenvalue weighted by molar-refractivity contribution is -0.165. The molecule has 1 aromatic rings. The third kappa shape index (κ3) is 3.38. The molecule has 1 aliphatic rings. The van der Waals surface area contributed by atoms with Gasteiger partial charge in [0.1, 0.15) is 5.41 Å². The summed E-state index contributed by atoms with van der Waals surface area (Å²) in [7, 11) is 0. The van der Waals surface area contributed by atoms with E-state index in [1.54, 1.807) is 11.0 Å². The van der Waals surface area contributed by atoms with Crippen molar-refractivity contribution in [3.8, 4) is 0 Å². The molecule has 1 unspecified atom stereocenters. The third-order valence-corrected chi connectivity index (χ3v) is 4.37. The molecule has 0 aromatic heterocycles. The standard InChI is InChI=1S/C18H23NO3/c1-2-3-7-11-18(17(21)22)12-8-13-19(16(18)20)14-15-9-5-4-6-10-15/h2,4-6,9-10H,1,3,7-8,11-14H2,(H,21,22).